The van der Waals surface area contributed by atoms with Gasteiger partial charge in [-0.3, -0.25) is 4.79 Å². The summed E-state index contributed by atoms with van der Waals surface area (Å²) in [7, 11) is 0. The summed E-state index contributed by atoms with van der Waals surface area (Å²) >= 11 is 0. The molecule has 2 aromatic rings. The van der Waals surface area contributed by atoms with Gasteiger partial charge in [0.1, 0.15) is 17.1 Å². The first kappa shape index (κ1) is 21.0. The maximum atomic E-state index is 13.5. The number of aromatic hydroxyl groups is 1. The van der Waals surface area contributed by atoms with Crippen molar-refractivity contribution in [2.75, 3.05) is 18.1 Å². The van der Waals surface area contributed by atoms with Crippen LogP contribution in [0.5, 0.6) is 17.2 Å². The maximum Gasteiger partial charge on any atom is 0.416 e. The second kappa shape index (κ2) is 7.26. The topological polar surface area (TPSA) is 59.0 Å². The Morgan fingerprint density at radius 3 is 2.41 bits per heavy atom. The Hall–Kier alpha value is -2.74. The molecule has 1 aliphatic heterocycles. The molecule has 1 aliphatic rings. The van der Waals surface area contributed by atoms with Crippen LogP contribution in [0, 0.1) is 6.92 Å². The molecule has 156 valence electrons. The molecule has 0 unspecified atom stereocenters. The van der Waals surface area contributed by atoms with Gasteiger partial charge in [0, 0.05) is 6.54 Å². The first-order valence-electron chi connectivity index (χ1n) is 9.06. The third-order valence-electron chi connectivity index (χ3n) is 4.50. The zero-order valence-corrected chi connectivity index (χ0v) is 16.6. The standard InChI is InChI=1S/C21H22F3NO4/c1-12-13(21(22,23)24)8-9-16-18(12)25(10-11-28-20(2,3)4)19(27)17-14(26)6-5-7-15(17)29-16/h5-9,26H,10-11H2,1-4H3. The van der Waals surface area contributed by atoms with Crippen molar-refractivity contribution in [1.82, 2.24) is 0 Å². The van der Waals surface area contributed by atoms with Gasteiger partial charge in [-0.25, -0.2) is 0 Å². The van der Waals surface area contributed by atoms with Crippen LogP contribution < -0.4 is 9.64 Å². The first-order valence-corrected chi connectivity index (χ1v) is 9.06. The normalized spacial score (nSPS) is 14.2. The molecule has 0 spiro atoms. The van der Waals surface area contributed by atoms with Crippen molar-refractivity contribution < 1.29 is 32.5 Å². The third-order valence-corrected chi connectivity index (χ3v) is 4.50. The van der Waals surface area contributed by atoms with E-state index in [1.165, 1.54) is 36.1 Å². The van der Waals surface area contributed by atoms with E-state index in [9.17, 15) is 23.1 Å². The molecule has 0 atom stereocenters. The van der Waals surface area contributed by atoms with Crippen LogP contribution in [0.2, 0.25) is 0 Å². The summed E-state index contributed by atoms with van der Waals surface area (Å²) in [5.74, 6) is -0.786. The molecule has 1 heterocycles. The Morgan fingerprint density at radius 2 is 1.79 bits per heavy atom. The summed E-state index contributed by atoms with van der Waals surface area (Å²) in [5, 5.41) is 10.2. The number of fused-ring (bicyclic) bond motifs is 2. The van der Waals surface area contributed by atoms with E-state index in [0.29, 0.717) is 0 Å². The average Bonchev–Trinajstić information content (AvgIpc) is 2.69. The van der Waals surface area contributed by atoms with Gasteiger partial charge >= 0.3 is 6.18 Å². The highest BCUT2D eigenvalue weighted by atomic mass is 19.4. The fraction of sp³-hybridized carbons (Fsp3) is 0.381. The number of phenols is 1. The third kappa shape index (κ3) is 4.17. The molecule has 1 amide bonds. The zero-order valence-electron chi connectivity index (χ0n) is 16.6. The van der Waals surface area contributed by atoms with Crippen molar-refractivity contribution in [3.63, 3.8) is 0 Å². The fourth-order valence-corrected chi connectivity index (χ4v) is 3.23. The van der Waals surface area contributed by atoms with Crippen LogP contribution in [0.1, 0.15) is 42.3 Å². The SMILES string of the molecule is Cc1c(C(F)(F)F)ccc2c1N(CCOC(C)(C)C)C(=O)c1c(O)cccc1O2. The average molecular weight is 409 g/mol. The summed E-state index contributed by atoms with van der Waals surface area (Å²) in [6.45, 7) is 6.88. The Bertz CT molecular complexity index is 948. The number of hydrogen-bond acceptors (Lipinski definition) is 4. The summed E-state index contributed by atoms with van der Waals surface area (Å²) in [6.07, 6.45) is -4.59. The van der Waals surface area contributed by atoms with E-state index < -0.39 is 23.2 Å². The van der Waals surface area contributed by atoms with Gasteiger partial charge in [-0.1, -0.05) is 6.07 Å². The molecule has 0 saturated carbocycles. The van der Waals surface area contributed by atoms with Gasteiger partial charge in [-0.2, -0.15) is 13.2 Å². The summed E-state index contributed by atoms with van der Waals surface area (Å²) in [6, 6.07) is 6.43. The largest absolute Gasteiger partial charge is 0.507 e. The second-order valence-corrected chi connectivity index (χ2v) is 7.75. The molecule has 3 rings (SSSR count). The minimum absolute atomic E-state index is 0.0115. The van der Waals surface area contributed by atoms with Crippen LogP contribution in [0.3, 0.4) is 0 Å². The van der Waals surface area contributed by atoms with Gasteiger partial charge in [-0.05, 0) is 57.5 Å². The summed E-state index contributed by atoms with van der Waals surface area (Å²) < 4.78 is 51.8. The number of anilines is 1. The Kier molecular flexibility index (Phi) is 5.25. The number of amides is 1. The molecule has 0 aliphatic carbocycles. The summed E-state index contributed by atoms with van der Waals surface area (Å²) in [4.78, 5) is 14.4. The monoisotopic (exact) mass is 409 g/mol. The number of ether oxygens (including phenoxy) is 2. The molecule has 0 bridgehead atoms. The molecule has 1 N–H and O–H groups in total. The fourth-order valence-electron chi connectivity index (χ4n) is 3.23. The Balaban J connectivity index is 2.16. The van der Waals surface area contributed by atoms with Gasteiger partial charge < -0.3 is 19.5 Å². The Labute approximate surface area is 166 Å². The van der Waals surface area contributed by atoms with Crippen LogP contribution in [-0.4, -0.2) is 29.8 Å². The maximum absolute atomic E-state index is 13.5. The molecule has 5 nitrogen and oxygen atoms in total. The Morgan fingerprint density at radius 1 is 1.10 bits per heavy atom. The number of alkyl halides is 3. The van der Waals surface area contributed by atoms with E-state index in [-0.39, 0.29) is 47.2 Å². The lowest BCUT2D eigenvalue weighted by Crippen LogP contribution is -2.36. The minimum Gasteiger partial charge on any atom is -0.507 e. The van der Waals surface area contributed by atoms with Crippen LogP contribution in [0.15, 0.2) is 30.3 Å². The van der Waals surface area contributed by atoms with Crippen LogP contribution >= 0.6 is 0 Å². The molecule has 0 saturated heterocycles. The number of benzene rings is 2. The van der Waals surface area contributed by atoms with E-state index in [1.54, 1.807) is 0 Å². The number of rotatable bonds is 3. The number of carbonyl (C=O) groups excluding carboxylic acids is 1. The molecular formula is C21H22F3NO4. The van der Waals surface area contributed by atoms with Gasteiger partial charge in [-0.15, -0.1) is 0 Å². The molecular weight excluding hydrogens is 387 g/mol. The van der Waals surface area contributed by atoms with Crippen molar-refractivity contribution in [3.05, 3.63) is 47.0 Å². The van der Waals surface area contributed by atoms with Crippen molar-refractivity contribution in [2.45, 2.75) is 39.5 Å². The molecule has 0 radical (unpaired) electrons. The van der Waals surface area contributed by atoms with Gasteiger partial charge in [0.25, 0.3) is 5.91 Å². The van der Waals surface area contributed by atoms with E-state index >= 15 is 0 Å². The zero-order chi connectivity index (χ0) is 21.6. The van der Waals surface area contributed by atoms with Gasteiger partial charge in [0.2, 0.25) is 0 Å². The number of carbonyl (C=O) groups is 1. The number of nitrogens with zero attached hydrogens (tertiary/aromatic N) is 1. The number of hydrogen-bond donors (Lipinski definition) is 1. The lowest BCUT2D eigenvalue weighted by atomic mass is 10.0. The lowest BCUT2D eigenvalue weighted by molar-refractivity contribution is -0.138. The summed E-state index contributed by atoms with van der Waals surface area (Å²) in [5.41, 5.74) is -1.57. The van der Waals surface area contributed by atoms with Gasteiger partial charge in [0.05, 0.1) is 23.5 Å². The predicted molar refractivity (Wildman–Crippen MR) is 102 cm³/mol. The highest BCUT2D eigenvalue weighted by Gasteiger charge is 2.38. The minimum atomic E-state index is -4.59. The van der Waals surface area contributed by atoms with E-state index in [1.807, 2.05) is 20.8 Å². The van der Waals surface area contributed by atoms with Gasteiger partial charge in [0.15, 0.2) is 5.75 Å². The second-order valence-electron chi connectivity index (χ2n) is 7.75. The van der Waals surface area contributed by atoms with Crippen molar-refractivity contribution >= 4 is 11.6 Å². The number of halogens is 3. The van der Waals surface area contributed by atoms with Crippen LogP contribution in [0.25, 0.3) is 0 Å². The van der Waals surface area contributed by atoms with Crippen LogP contribution in [-0.2, 0) is 10.9 Å². The van der Waals surface area contributed by atoms with E-state index in [2.05, 4.69) is 0 Å². The molecule has 0 aromatic heterocycles. The van der Waals surface area contributed by atoms with E-state index in [0.717, 1.165) is 6.07 Å². The first-order chi connectivity index (χ1) is 13.4. The van der Waals surface area contributed by atoms with Crippen LogP contribution in [0.4, 0.5) is 18.9 Å². The number of phenolic OH excluding ortho intramolecular Hbond substituents is 1. The predicted octanol–water partition coefficient (Wildman–Crippen LogP) is 5.29. The van der Waals surface area contributed by atoms with E-state index in [4.69, 9.17) is 9.47 Å². The highest BCUT2D eigenvalue weighted by molar-refractivity contribution is 6.11. The smallest absolute Gasteiger partial charge is 0.416 e. The molecule has 0 fully saturated rings. The molecule has 29 heavy (non-hydrogen) atoms. The van der Waals surface area contributed by atoms with Crippen molar-refractivity contribution in [3.8, 4) is 17.2 Å². The van der Waals surface area contributed by atoms with Crippen molar-refractivity contribution in [2.24, 2.45) is 0 Å². The van der Waals surface area contributed by atoms with Crippen molar-refractivity contribution in [1.29, 1.82) is 0 Å². The highest BCUT2D eigenvalue weighted by Crippen LogP contribution is 2.46. The lowest BCUT2D eigenvalue weighted by Gasteiger charge is -2.27. The molecule has 2 aromatic carbocycles. The molecule has 8 heteroatoms. The quantitative estimate of drug-likeness (QED) is 0.749.